The molecule has 1 amide bonds. The Morgan fingerprint density at radius 3 is 2.64 bits per heavy atom. The van der Waals surface area contributed by atoms with E-state index in [0.29, 0.717) is 11.3 Å². The Hall–Kier alpha value is -2.64. The van der Waals surface area contributed by atoms with Gasteiger partial charge in [0.2, 0.25) is 5.91 Å². The number of rotatable bonds is 5. The fraction of sp³-hybridized carbons (Fsp3) is 0.222. The summed E-state index contributed by atoms with van der Waals surface area (Å²) < 4.78 is 0. The summed E-state index contributed by atoms with van der Waals surface area (Å²) in [6, 6.07) is 19.2. The summed E-state index contributed by atoms with van der Waals surface area (Å²) in [4.78, 5) is 14.1. The third-order valence-corrected chi connectivity index (χ3v) is 3.61. The monoisotopic (exact) mass is 293 g/mol. The lowest BCUT2D eigenvalue weighted by molar-refractivity contribution is -0.117. The molecule has 0 heterocycles. The van der Waals surface area contributed by atoms with Crippen molar-refractivity contribution in [2.75, 3.05) is 18.9 Å². The number of carbonyl (C=O) groups excluding carboxylic acids is 1. The van der Waals surface area contributed by atoms with Crippen LogP contribution in [0.25, 0.3) is 0 Å². The van der Waals surface area contributed by atoms with E-state index in [2.05, 4.69) is 30.4 Å². The van der Waals surface area contributed by atoms with Crippen molar-refractivity contribution >= 4 is 11.6 Å². The second-order valence-electron chi connectivity index (χ2n) is 5.24. The van der Waals surface area contributed by atoms with Crippen LogP contribution in [0.2, 0.25) is 0 Å². The minimum atomic E-state index is -0.0969. The first kappa shape index (κ1) is 15.7. The Morgan fingerprint density at radius 1 is 1.23 bits per heavy atom. The molecule has 0 spiro atoms. The number of benzene rings is 2. The summed E-state index contributed by atoms with van der Waals surface area (Å²) in [7, 11) is 1.92. The van der Waals surface area contributed by atoms with Crippen LogP contribution >= 0.6 is 0 Å². The topological polar surface area (TPSA) is 56.1 Å². The molecule has 4 nitrogen and oxygen atoms in total. The molecular formula is C18H19N3O. The number of anilines is 1. The van der Waals surface area contributed by atoms with E-state index >= 15 is 0 Å². The highest BCUT2D eigenvalue weighted by Gasteiger charge is 2.14. The van der Waals surface area contributed by atoms with Crippen LogP contribution in [-0.4, -0.2) is 24.4 Å². The number of likely N-dealkylation sites (N-methyl/N-ethyl adjacent to an activating group) is 1. The van der Waals surface area contributed by atoms with E-state index in [9.17, 15) is 4.79 Å². The quantitative estimate of drug-likeness (QED) is 0.921. The average molecular weight is 293 g/mol. The number of amides is 1. The second kappa shape index (κ2) is 7.39. The summed E-state index contributed by atoms with van der Waals surface area (Å²) in [5, 5.41) is 11.7. The molecule has 0 bridgehead atoms. The third kappa shape index (κ3) is 4.18. The maximum Gasteiger partial charge on any atom is 0.238 e. The van der Waals surface area contributed by atoms with Gasteiger partial charge in [0.1, 0.15) is 0 Å². The molecule has 2 aromatic carbocycles. The van der Waals surface area contributed by atoms with E-state index in [1.54, 1.807) is 24.3 Å². The Balaban J connectivity index is 1.95. The number of hydrogen-bond acceptors (Lipinski definition) is 3. The first-order valence-corrected chi connectivity index (χ1v) is 7.15. The van der Waals surface area contributed by atoms with Crippen molar-refractivity contribution in [3.05, 3.63) is 65.7 Å². The fourth-order valence-corrected chi connectivity index (χ4v) is 2.22. The zero-order chi connectivity index (χ0) is 15.9. The van der Waals surface area contributed by atoms with E-state index in [-0.39, 0.29) is 18.5 Å². The van der Waals surface area contributed by atoms with Crippen LogP contribution in [0.5, 0.6) is 0 Å². The van der Waals surface area contributed by atoms with Gasteiger partial charge in [-0.25, -0.2) is 0 Å². The van der Waals surface area contributed by atoms with E-state index in [1.165, 1.54) is 5.56 Å². The molecule has 0 aliphatic heterocycles. The molecule has 4 heteroatoms. The minimum absolute atomic E-state index is 0.0969. The van der Waals surface area contributed by atoms with Crippen LogP contribution in [0.1, 0.15) is 24.1 Å². The summed E-state index contributed by atoms with van der Waals surface area (Å²) in [6.07, 6.45) is 0. The highest BCUT2D eigenvalue weighted by atomic mass is 16.2. The van der Waals surface area contributed by atoms with Gasteiger partial charge in [0.05, 0.1) is 18.2 Å². The number of carbonyl (C=O) groups is 1. The first-order valence-electron chi connectivity index (χ1n) is 7.15. The van der Waals surface area contributed by atoms with Crippen LogP contribution in [0.4, 0.5) is 5.69 Å². The van der Waals surface area contributed by atoms with Gasteiger partial charge in [-0.2, -0.15) is 5.26 Å². The highest BCUT2D eigenvalue weighted by Crippen LogP contribution is 2.18. The molecule has 22 heavy (non-hydrogen) atoms. The van der Waals surface area contributed by atoms with E-state index in [4.69, 9.17) is 5.26 Å². The van der Waals surface area contributed by atoms with Gasteiger partial charge in [0.15, 0.2) is 0 Å². The maximum absolute atomic E-state index is 12.1. The number of nitrogens with zero attached hydrogens (tertiary/aromatic N) is 2. The second-order valence-corrected chi connectivity index (χ2v) is 5.24. The molecule has 0 unspecified atom stereocenters. The maximum atomic E-state index is 12.1. The lowest BCUT2D eigenvalue weighted by Crippen LogP contribution is -2.32. The largest absolute Gasteiger partial charge is 0.325 e. The molecule has 1 atom stereocenters. The number of nitriles is 1. The van der Waals surface area contributed by atoms with Gasteiger partial charge in [0, 0.05) is 11.7 Å². The van der Waals surface area contributed by atoms with Gasteiger partial charge >= 0.3 is 0 Å². The van der Waals surface area contributed by atoms with Gasteiger partial charge in [-0.15, -0.1) is 0 Å². The molecular weight excluding hydrogens is 274 g/mol. The minimum Gasteiger partial charge on any atom is -0.325 e. The summed E-state index contributed by atoms with van der Waals surface area (Å²) in [5.74, 6) is -0.0969. The van der Waals surface area contributed by atoms with Crippen LogP contribution in [0.3, 0.4) is 0 Å². The van der Waals surface area contributed by atoms with Gasteiger partial charge < -0.3 is 5.32 Å². The van der Waals surface area contributed by atoms with Crippen LogP contribution in [-0.2, 0) is 4.79 Å². The fourth-order valence-electron chi connectivity index (χ4n) is 2.22. The summed E-state index contributed by atoms with van der Waals surface area (Å²) in [6.45, 7) is 2.35. The highest BCUT2D eigenvalue weighted by molar-refractivity contribution is 5.92. The SMILES string of the molecule is C[C@@H](c1ccccc1)N(C)CC(=O)Nc1cccc(C#N)c1. The molecule has 0 aliphatic carbocycles. The molecule has 0 aromatic heterocycles. The van der Waals surface area contributed by atoms with Gasteiger partial charge in [0.25, 0.3) is 0 Å². The molecule has 1 N–H and O–H groups in total. The predicted molar refractivity (Wildman–Crippen MR) is 87.3 cm³/mol. The third-order valence-electron chi connectivity index (χ3n) is 3.61. The van der Waals surface area contributed by atoms with Gasteiger partial charge in [-0.1, -0.05) is 36.4 Å². The molecule has 0 fully saturated rings. The Morgan fingerprint density at radius 2 is 1.95 bits per heavy atom. The zero-order valence-corrected chi connectivity index (χ0v) is 12.8. The average Bonchev–Trinajstić information content (AvgIpc) is 2.55. The van der Waals surface area contributed by atoms with Crippen molar-refractivity contribution in [1.29, 1.82) is 5.26 Å². The predicted octanol–water partition coefficient (Wildman–Crippen LogP) is 3.19. The van der Waals surface area contributed by atoms with Crippen molar-refractivity contribution < 1.29 is 4.79 Å². The number of hydrogen-bond donors (Lipinski definition) is 1. The van der Waals surface area contributed by atoms with E-state index in [0.717, 1.165) is 0 Å². The molecule has 2 aromatic rings. The standard InChI is InChI=1S/C18H19N3O/c1-14(16-8-4-3-5-9-16)21(2)13-18(22)20-17-10-6-7-15(11-17)12-19/h3-11,14H,13H2,1-2H3,(H,20,22)/t14-/m0/s1. The molecule has 2 rings (SSSR count). The lowest BCUT2D eigenvalue weighted by Gasteiger charge is -2.24. The van der Waals surface area contributed by atoms with Crippen LogP contribution in [0.15, 0.2) is 54.6 Å². The summed E-state index contributed by atoms with van der Waals surface area (Å²) in [5.41, 5.74) is 2.35. The molecule has 0 radical (unpaired) electrons. The zero-order valence-electron chi connectivity index (χ0n) is 12.8. The van der Waals surface area contributed by atoms with Gasteiger partial charge in [-0.3, -0.25) is 9.69 Å². The molecule has 0 aliphatic rings. The van der Waals surface area contributed by atoms with E-state index < -0.39 is 0 Å². The van der Waals surface area contributed by atoms with Crippen molar-refractivity contribution in [2.45, 2.75) is 13.0 Å². The van der Waals surface area contributed by atoms with Crippen LogP contribution in [0, 0.1) is 11.3 Å². The summed E-state index contributed by atoms with van der Waals surface area (Å²) >= 11 is 0. The Bertz CT molecular complexity index is 676. The Kier molecular flexibility index (Phi) is 5.29. The first-order chi connectivity index (χ1) is 10.6. The lowest BCUT2D eigenvalue weighted by atomic mass is 10.1. The smallest absolute Gasteiger partial charge is 0.238 e. The van der Waals surface area contributed by atoms with Crippen LogP contribution < -0.4 is 5.32 Å². The molecule has 0 saturated carbocycles. The number of nitrogens with one attached hydrogen (secondary N) is 1. The normalized spacial score (nSPS) is 11.7. The van der Waals surface area contributed by atoms with E-state index in [1.807, 2.05) is 30.1 Å². The molecule has 0 saturated heterocycles. The van der Waals surface area contributed by atoms with Gasteiger partial charge in [-0.05, 0) is 37.7 Å². The van der Waals surface area contributed by atoms with Crippen molar-refractivity contribution in [3.8, 4) is 6.07 Å². The van der Waals surface area contributed by atoms with Crippen molar-refractivity contribution in [3.63, 3.8) is 0 Å². The Labute approximate surface area is 131 Å². The van der Waals surface area contributed by atoms with Crippen molar-refractivity contribution in [2.24, 2.45) is 0 Å². The van der Waals surface area contributed by atoms with Crippen molar-refractivity contribution in [1.82, 2.24) is 4.90 Å². The molecule has 112 valence electrons.